The Labute approximate surface area is 91.3 Å². The lowest BCUT2D eigenvalue weighted by Gasteiger charge is -2.36. The first-order chi connectivity index (χ1) is 7.27. The molecule has 0 aliphatic carbocycles. The van der Waals surface area contributed by atoms with Crippen LogP contribution >= 0.6 is 0 Å². The molecule has 1 heterocycles. The van der Waals surface area contributed by atoms with Crippen LogP contribution in [0.3, 0.4) is 0 Å². The third-order valence-corrected chi connectivity index (χ3v) is 2.56. The van der Waals surface area contributed by atoms with Crippen LogP contribution in [0.5, 0.6) is 0 Å². The maximum absolute atomic E-state index is 11.0. The van der Waals surface area contributed by atoms with Crippen molar-refractivity contribution in [1.29, 1.82) is 0 Å². The van der Waals surface area contributed by atoms with E-state index >= 15 is 0 Å². The molecule has 0 atom stereocenters. The molecule has 1 rings (SSSR count). The van der Waals surface area contributed by atoms with Gasteiger partial charge in [-0.1, -0.05) is 13.0 Å². The zero-order valence-electron chi connectivity index (χ0n) is 9.53. The molecule has 0 unspecified atom stereocenters. The lowest BCUT2D eigenvalue weighted by Crippen LogP contribution is -2.57. The number of ether oxygens (including phenoxy) is 1. The topological polar surface area (TPSA) is 41.6 Å². The third kappa shape index (κ3) is 4.01. The smallest absolute Gasteiger partial charge is 0.330 e. The summed E-state index contributed by atoms with van der Waals surface area (Å²) < 4.78 is 4.80. The van der Waals surface area contributed by atoms with Crippen molar-refractivity contribution in [2.45, 2.75) is 19.9 Å². The summed E-state index contributed by atoms with van der Waals surface area (Å²) in [5, 5.41) is 3.24. The lowest BCUT2D eigenvalue weighted by molar-refractivity contribution is -0.137. The Morgan fingerprint density at radius 2 is 2.27 bits per heavy atom. The van der Waals surface area contributed by atoms with Gasteiger partial charge in [0.2, 0.25) is 0 Å². The average molecular weight is 212 g/mol. The molecule has 15 heavy (non-hydrogen) atoms. The molecule has 4 heteroatoms. The Hall–Kier alpha value is -0.870. The summed E-state index contributed by atoms with van der Waals surface area (Å²) >= 11 is 0. The van der Waals surface area contributed by atoms with Crippen LogP contribution in [0.25, 0.3) is 0 Å². The van der Waals surface area contributed by atoms with Gasteiger partial charge in [-0.05, 0) is 13.5 Å². The average Bonchev–Trinajstić information content (AvgIpc) is 2.13. The van der Waals surface area contributed by atoms with Gasteiger partial charge in [0.1, 0.15) is 0 Å². The van der Waals surface area contributed by atoms with Crippen LogP contribution in [0.2, 0.25) is 0 Å². The molecule has 1 N–H and O–H groups in total. The van der Waals surface area contributed by atoms with E-state index in [2.05, 4.69) is 17.1 Å². The van der Waals surface area contributed by atoms with E-state index in [1.165, 1.54) is 6.08 Å². The third-order valence-electron chi connectivity index (χ3n) is 2.56. The van der Waals surface area contributed by atoms with E-state index in [0.29, 0.717) is 12.6 Å². The van der Waals surface area contributed by atoms with Gasteiger partial charge in [-0.15, -0.1) is 0 Å². The van der Waals surface area contributed by atoms with Crippen LogP contribution in [-0.2, 0) is 9.53 Å². The number of hydrogen-bond acceptors (Lipinski definition) is 4. The van der Waals surface area contributed by atoms with Crippen LogP contribution in [0.4, 0.5) is 0 Å². The van der Waals surface area contributed by atoms with Gasteiger partial charge >= 0.3 is 5.97 Å². The molecular weight excluding hydrogens is 192 g/mol. The van der Waals surface area contributed by atoms with Crippen molar-refractivity contribution < 1.29 is 9.53 Å². The molecule has 1 fully saturated rings. The predicted octanol–water partition coefficient (Wildman–Crippen LogP) is 0.399. The standard InChI is InChI=1S/C11H20N2O2/c1-3-13(10-8-12-9-10)7-5-6-11(14)15-4-2/h5-6,10,12H,3-4,7-9H2,1-2H3/b6-5+. The minimum absolute atomic E-state index is 0.250. The first-order valence-electron chi connectivity index (χ1n) is 5.56. The summed E-state index contributed by atoms with van der Waals surface area (Å²) in [6, 6.07) is 0.627. The Balaban J connectivity index is 2.23. The van der Waals surface area contributed by atoms with Crippen LogP contribution in [0.1, 0.15) is 13.8 Å². The number of esters is 1. The fraction of sp³-hybridized carbons (Fsp3) is 0.727. The number of likely N-dealkylation sites (N-methyl/N-ethyl adjacent to an activating group) is 1. The van der Waals surface area contributed by atoms with Gasteiger partial charge in [0.05, 0.1) is 6.61 Å². The van der Waals surface area contributed by atoms with E-state index in [9.17, 15) is 4.79 Å². The quantitative estimate of drug-likeness (QED) is 0.511. The van der Waals surface area contributed by atoms with Gasteiger partial charge in [-0.2, -0.15) is 0 Å². The predicted molar refractivity (Wildman–Crippen MR) is 59.7 cm³/mol. The highest BCUT2D eigenvalue weighted by molar-refractivity contribution is 5.81. The van der Waals surface area contributed by atoms with Crippen molar-refractivity contribution in [3.05, 3.63) is 12.2 Å². The Morgan fingerprint density at radius 3 is 2.73 bits per heavy atom. The number of nitrogens with one attached hydrogen (secondary N) is 1. The zero-order valence-corrected chi connectivity index (χ0v) is 9.53. The molecule has 0 bridgehead atoms. The van der Waals surface area contributed by atoms with E-state index < -0.39 is 0 Å². The molecule has 1 aliphatic heterocycles. The zero-order chi connectivity index (χ0) is 11.1. The molecule has 0 spiro atoms. The molecule has 0 radical (unpaired) electrons. The highest BCUT2D eigenvalue weighted by Gasteiger charge is 2.21. The van der Waals surface area contributed by atoms with Gasteiger partial charge in [0.25, 0.3) is 0 Å². The fourth-order valence-corrected chi connectivity index (χ4v) is 1.54. The molecule has 0 aromatic carbocycles. The molecular formula is C11H20N2O2. The minimum atomic E-state index is -0.250. The van der Waals surface area contributed by atoms with Gasteiger partial charge in [0, 0.05) is 31.8 Å². The van der Waals surface area contributed by atoms with E-state index in [1.807, 2.05) is 13.0 Å². The molecule has 0 aromatic rings. The number of rotatable bonds is 6. The van der Waals surface area contributed by atoms with Gasteiger partial charge in [-0.3, -0.25) is 4.90 Å². The van der Waals surface area contributed by atoms with Crippen molar-refractivity contribution in [2.75, 3.05) is 32.8 Å². The number of carbonyl (C=O) groups is 1. The van der Waals surface area contributed by atoms with Gasteiger partial charge in [0.15, 0.2) is 0 Å². The largest absolute Gasteiger partial charge is 0.463 e. The Morgan fingerprint density at radius 1 is 1.53 bits per heavy atom. The minimum Gasteiger partial charge on any atom is -0.463 e. The van der Waals surface area contributed by atoms with Crippen LogP contribution in [-0.4, -0.2) is 49.7 Å². The summed E-state index contributed by atoms with van der Waals surface area (Å²) in [6.07, 6.45) is 3.39. The maximum atomic E-state index is 11.0. The molecule has 0 saturated carbocycles. The highest BCUT2D eigenvalue weighted by Crippen LogP contribution is 2.04. The first-order valence-corrected chi connectivity index (χ1v) is 5.56. The molecule has 86 valence electrons. The summed E-state index contributed by atoms with van der Waals surface area (Å²) in [6.45, 7) is 8.33. The fourth-order valence-electron chi connectivity index (χ4n) is 1.54. The molecule has 1 saturated heterocycles. The molecule has 0 amide bonds. The first kappa shape index (κ1) is 12.2. The van der Waals surface area contributed by atoms with Gasteiger partial charge in [-0.25, -0.2) is 4.79 Å². The lowest BCUT2D eigenvalue weighted by atomic mass is 10.1. The number of carbonyl (C=O) groups excluding carboxylic acids is 1. The van der Waals surface area contributed by atoms with Crippen molar-refractivity contribution >= 4 is 5.97 Å². The Kier molecular flexibility index (Phi) is 5.36. The van der Waals surface area contributed by atoms with Crippen molar-refractivity contribution in [3.8, 4) is 0 Å². The SMILES string of the molecule is CCOC(=O)/C=C/CN(CC)C1CNC1. The van der Waals surface area contributed by atoms with Crippen LogP contribution < -0.4 is 5.32 Å². The van der Waals surface area contributed by atoms with Crippen molar-refractivity contribution in [3.63, 3.8) is 0 Å². The molecule has 1 aliphatic rings. The van der Waals surface area contributed by atoms with E-state index in [4.69, 9.17) is 4.74 Å². The van der Waals surface area contributed by atoms with Gasteiger partial charge < -0.3 is 10.1 Å². The van der Waals surface area contributed by atoms with Crippen LogP contribution in [0.15, 0.2) is 12.2 Å². The van der Waals surface area contributed by atoms with E-state index in [-0.39, 0.29) is 5.97 Å². The van der Waals surface area contributed by atoms with Crippen LogP contribution in [0, 0.1) is 0 Å². The summed E-state index contributed by atoms with van der Waals surface area (Å²) in [4.78, 5) is 13.4. The summed E-state index contributed by atoms with van der Waals surface area (Å²) in [5.74, 6) is -0.250. The van der Waals surface area contributed by atoms with E-state index in [1.54, 1.807) is 0 Å². The summed E-state index contributed by atoms with van der Waals surface area (Å²) in [5.41, 5.74) is 0. The Bertz CT molecular complexity index is 225. The second-order valence-electron chi connectivity index (χ2n) is 3.55. The number of nitrogens with zero attached hydrogens (tertiary/aromatic N) is 1. The highest BCUT2D eigenvalue weighted by atomic mass is 16.5. The van der Waals surface area contributed by atoms with Crippen molar-refractivity contribution in [2.24, 2.45) is 0 Å². The normalized spacial score (nSPS) is 17.0. The van der Waals surface area contributed by atoms with Crippen molar-refractivity contribution in [1.82, 2.24) is 10.2 Å². The monoisotopic (exact) mass is 212 g/mol. The molecule has 4 nitrogen and oxygen atoms in total. The van der Waals surface area contributed by atoms with E-state index in [0.717, 1.165) is 26.2 Å². The second kappa shape index (κ2) is 6.58. The summed E-state index contributed by atoms with van der Waals surface area (Å²) in [7, 11) is 0. The number of hydrogen-bond donors (Lipinski definition) is 1. The maximum Gasteiger partial charge on any atom is 0.330 e. The second-order valence-corrected chi connectivity index (χ2v) is 3.55. The molecule has 0 aromatic heterocycles.